The number of hydrogen-bond acceptors (Lipinski definition) is 3. The monoisotopic (exact) mass is 192 g/mol. The van der Waals surface area contributed by atoms with Crippen LogP contribution >= 0.6 is 0 Å². The maximum absolute atomic E-state index is 8.56. The fourth-order valence-electron chi connectivity index (χ4n) is 1.55. The molecule has 0 amide bonds. The van der Waals surface area contributed by atoms with Crippen LogP contribution < -0.4 is 5.73 Å². The zero-order chi connectivity index (χ0) is 10.6. The van der Waals surface area contributed by atoms with Crippen LogP contribution in [-0.2, 0) is 6.42 Å². The average molecular weight is 192 g/mol. The van der Waals surface area contributed by atoms with E-state index in [1.54, 1.807) is 6.20 Å². The second kappa shape index (κ2) is 4.66. The summed E-state index contributed by atoms with van der Waals surface area (Å²) in [7, 11) is 0. The quantitative estimate of drug-likeness (QED) is 0.792. The molecule has 0 aromatic carbocycles. The minimum absolute atomic E-state index is 0.339. The van der Waals surface area contributed by atoms with Gasteiger partial charge in [-0.25, -0.2) is 4.68 Å². The molecule has 4 nitrogen and oxygen atoms in total. The highest BCUT2D eigenvalue weighted by Crippen LogP contribution is 2.21. The SMILES string of the molecule is CCC(CC)n1ncc(CC#N)c1N. The maximum atomic E-state index is 8.56. The number of nitrogens with two attached hydrogens (primary N) is 1. The summed E-state index contributed by atoms with van der Waals surface area (Å²) in [5.74, 6) is 0.639. The third kappa shape index (κ3) is 1.87. The zero-order valence-corrected chi connectivity index (χ0v) is 8.70. The average Bonchev–Trinajstić information content (AvgIpc) is 2.53. The van der Waals surface area contributed by atoms with Gasteiger partial charge in [0, 0.05) is 5.56 Å². The van der Waals surface area contributed by atoms with Crippen molar-refractivity contribution in [2.75, 3.05) is 5.73 Å². The van der Waals surface area contributed by atoms with Gasteiger partial charge in [-0.3, -0.25) is 0 Å². The molecular weight excluding hydrogens is 176 g/mol. The Labute approximate surface area is 84.3 Å². The van der Waals surface area contributed by atoms with E-state index in [0.29, 0.717) is 18.3 Å². The molecule has 14 heavy (non-hydrogen) atoms. The van der Waals surface area contributed by atoms with E-state index >= 15 is 0 Å². The minimum Gasteiger partial charge on any atom is -0.384 e. The Hall–Kier alpha value is -1.50. The number of rotatable bonds is 4. The number of hydrogen-bond donors (Lipinski definition) is 1. The first-order valence-corrected chi connectivity index (χ1v) is 4.93. The first-order chi connectivity index (χ1) is 6.74. The van der Waals surface area contributed by atoms with E-state index in [1.165, 1.54) is 0 Å². The van der Waals surface area contributed by atoms with E-state index in [-0.39, 0.29) is 0 Å². The molecule has 76 valence electrons. The molecule has 0 bridgehead atoms. The van der Waals surface area contributed by atoms with Crippen LogP contribution in [0.3, 0.4) is 0 Å². The summed E-state index contributed by atoms with van der Waals surface area (Å²) in [5.41, 5.74) is 6.72. The van der Waals surface area contributed by atoms with Gasteiger partial charge in [0.2, 0.25) is 0 Å². The van der Waals surface area contributed by atoms with Crippen molar-refractivity contribution in [2.45, 2.75) is 39.2 Å². The second-order valence-electron chi connectivity index (χ2n) is 3.30. The summed E-state index contributed by atoms with van der Waals surface area (Å²) >= 11 is 0. The van der Waals surface area contributed by atoms with Gasteiger partial charge < -0.3 is 5.73 Å². The van der Waals surface area contributed by atoms with Crippen LogP contribution in [0.1, 0.15) is 38.3 Å². The topological polar surface area (TPSA) is 67.6 Å². The lowest BCUT2D eigenvalue weighted by Crippen LogP contribution is -2.12. The Bertz CT molecular complexity index is 330. The van der Waals surface area contributed by atoms with Gasteiger partial charge in [0.25, 0.3) is 0 Å². The smallest absolute Gasteiger partial charge is 0.126 e. The molecule has 0 spiro atoms. The van der Waals surface area contributed by atoms with Gasteiger partial charge in [-0.2, -0.15) is 10.4 Å². The number of nitrogen functional groups attached to an aromatic ring is 1. The molecule has 0 unspecified atom stereocenters. The molecule has 0 aliphatic rings. The van der Waals surface area contributed by atoms with E-state index in [1.807, 2.05) is 4.68 Å². The molecule has 1 aromatic rings. The summed E-state index contributed by atoms with van der Waals surface area (Å²) in [6.45, 7) is 4.22. The first kappa shape index (κ1) is 10.6. The van der Waals surface area contributed by atoms with Crippen molar-refractivity contribution in [3.63, 3.8) is 0 Å². The summed E-state index contributed by atoms with van der Waals surface area (Å²) in [6.07, 6.45) is 4.05. The number of anilines is 1. The van der Waals surface area contributed by atoms with Gasteiger partial charge in [0.05, 0.1) is 24.7 Å². The second-order valence-corrected chi connectivity index (χ2v) is 3.30. The van der Waals surface area contributed by atoms with Crippen molar-refractivity contribution < 1.29 is 0 Å². The Balaban J connectivity index is 2.94. The molecule has 0 saturated heterocycles. The molecule has 1 aromatic heterocycles. The van der Waals surface area contributed by atoms with Crippen molar-refractivity contribution in [2.24, 2.45) is 0 Å². The third-order valence-electron chi connectivity index (χ3n) is 2.47. The van der Waals surface area contributed by atoms with E-state index in [4.69, 9.17) is 11.0 Å². The maximum Gasteiger partial charge on any atom is 0.126 e. The standard InChI is InChI=1S/C10H16N4/c1-3-9(4-2)14-10(12)8(5-6-11)7-13-14/h7,9H,3-5,12H2,1-2H3. The molecule has 0 fully saturated rings. The van der Waals surface area contributed by atoms with Gasteiger partial charge in [-0.15, -0.1) is 0 Å². The lowest BCUT2D eigenvalue weighted by atomic mass is 10.2. The van der Waals surface area contributed by atoms with E-state index < -0.39 is 0 Å². The Morgan fingerprint density at radius 2 is 2.21 bits per heavy atom. The van der Waals surface area contributed by atoms with E-state index in [2.05, 4.69) is 25.0 Å². The first-order valence-electron chi connectivity index (χ1n) is 4.93. The zero-order valence-electron chi connectivity index (χ0n) is 8.70. The van der Waals surface area contributed by atoms with E-state index in [9.17, 15) is 0 Å². The number of aromatic nitrogens is 2. The summed E-state index contributed by atoms with van der Waals surface area (Å²) < 4.78 is 1.83. The fraction of sp³-hybridized carbons (Fsp3) is 0.600. The molecule has 4 heteroatoms. The lowest BCUT2D eigenvalue weighted by molar-refractivity contribution is 0.434. The third-order valence-corrected chi connectivity index (χ3v) is 2.47. The minimum atomic E-state index is 0.339. The van der Waals surface area contributed by atoms with Crippen molar-refractivity contribution >= 4 is 5.82 Å². The van der Waals surface area contributed by atoms with Crippen LogP contribution in [0.25, 0.3) is 0 Å². The fourth-order valence-corrected chi connectivity index (χ4v) is 1.55. The van der Waals surface area contributed by atoms with Gasteiger partial charge in [0.15, 0.2) is 0 Å². The summed E-state index contributed by atoms with van der Waals surface area (Å²) in [6, 6.07) is 2.43. The molecule has 1 heterocycles. The van der Waals surface area contributed by atoms with Crippen molar-refractivity contribution in [1.29, 1.82) is 5.26 Å². The van der Waals surface area contributed by atoms with Crippen molar-refractivity contribution in [3.8, 4) is 6.07 Å². The predicted molar refractivity (Wildman–Crippen MR) is 55.6 cm³/mol. The molecule has 0 saturated carbocycles. The molecule has 1 rings (SSSR count). The normalized spacial score (nSPS) is 10.4. The van der Waals surface area contributed by atoms with Gasteiger partial charge in [-0.05, 0) is 12.8 Å². The van der Waals surface area contributed by atoms with Gasteiger partial charge in [-0.1, -0.05) is 13.8 Å². The highest BCUT2D eigenvalue weighted by molar-refractivity contribution is 5.40. The predicted octanol–water partition coefficient (Wildman–Crippen LogP) is 1.89. The molecule has 0 aliphatic heterocycles. The van der Waals surface area contributed by atoms with Crippen molar-refractivity contribution in [1.82, 2.24) is 9.78 Å². The molecule has 0 radical (unpaired) electrons. The lowest BCUT2D eigenvalue weighted by Gasteiger charge is -2.14. The van der Waals surface area contributed by atoms with Crippen molar-refractivity contribution in [3.05, 3.63) is 11.8 Å². The van der Waals surface area contributed by atoms with Crippen LogP contribution in [0, 0.1) is 11.3 Å². The number of nitriles is 1. The van der Waals surface area contributed by atoms with Crippen LogP contribution in [0.5, 0.6) is 0 Å². The van der Waals surface area contributed by atoms with Crippen LogP contribution in [-0.4, -0.2) is 9.78 Å². The Morgan fingerprint density at radius 3 is 2.71 bits per heavy atom. The highest BCUT2D eigenvalue weighted by Gasteiger charge is 2.13. The van der Waals surface area contributed by atoms with Crippen LogP contribution in [0.4, 0.5) is 5.82 Å². The molecular formula is C10H16N4. The largest absolute Gasteiger partial charge is 0.384 e. The van der Waals surface area contributed by atoms with Crippen LogP contribution in [0.2, 0.25) is 0 Å². The Kier molecular flexibility index (Phi) is 3.52. The van der Waals surface area contributed by atoms with Gasteiger partial charge in [0.1, 0.15) is 5.82 Å². The molecule has 0 aliphatic carbocycles. The molecule has 2 N–H and O–H groups in total. The Morgan fingerprint density at radius 1 is 1.57 bits per heavy atom. The summed E-state index contributed by atoms with van der Waals surface area (Å²) in [4.78, 5) is 0. The van der Waals surface area contributed by atoms with E-state index in [0.717, 1.165) is 18.4 Å². The highest BCUT2D eigenvalue weighted by atomic mass is 15.3. The summed E-state index contributed by atoms with van der Waals surface area (Å²) in [5, 5.41) is 12.8. The number of nitrogens with zero attached hydrogens (tertiary/aromatic N) is 3. The molecule has 0 atom stereocenters. The van der Waals surface area contributed by atoms with Gasteiger partial charge >= 0.3 is 0 Å². The van der Waals surface area contributed by atoms with Crippen LogP contribution in [0.15, 0.2) is 6.20 Å².